The maximum Gasteiger partial charge on any atom is 0.295 e. The van der Waals surface area contributed by atoms with E-state index < -0.39 is 0 Å². The fraction of sp³-hybridized carbons (Fsp3) is 0.500. The molecule has 1 aliphatic rings. The van der Waals surface area contributed by atoms with Crippen LogP contribution in [0.2, 0.25) is 0 Å². The molecule has 22 heavy (non-hydrogen) atoms. The number of carbonyl (C=O) groups excluding carboxylic acids is 1. The standard InChI is InChI=1S/C14H18N4O3S/c1-9-12(21-10(2)15-9)13(19)17-14-16-11(8-22-14)7-18-3-5-20-6-4-18/h8H,3-7H2,1-2H3,(H,16,17,19). The van der Waals surface area contributed by atoms with Crippen LogP contribution in [0.1, 0.15) is 27.8 Å². The highest BCUT2D eigenvalue weighted by molar-refractivity contribution is 7.13. The number of amides is 1. The first kappa shape index (κ1) is 15.1. The molecule has 0 atom stereocenters. The van der Waals surface area contributed by atoms with Crippen LogP contribution in [0.15, 0.2) is 9.80 Å². The van der Waals surface area contributed by atoms with Crippen molar-refractivity contribution in [3.05, 3.63) is 28.4 Å². The second-order valence-corrected chi connectivity index (χ2v) is 5.99. The second kappa shape index (κ2) is 6.55. The van der Waals surface area contributed by atoms with Gasteiger partial charge in [0.1, 0.15) is 0 Å². The summed E-state index contributed by atoms with van der Waals surface area (Å²) in [6.07, 6.45) is 0. The largest absolute Gasteiger partial charge is 0.436 e. The van der Waals surface area contributed by atoms with Crippen LogP contribution in [0, 0.1) is 13.8 Å². The minimum atomic E-state index is -0.314. The van der Waals surface area contributed by atoms with Crippen LogP contribution < -0.4 is 5.32 Å². The Morgan fingerprint density at radius 1 is 1.36 bits per heavy atom. The van der Waals surface area contributed by atoms with Crippen molar-refractivity contribution in [2.75, 3.05) is 31.6 Å². The molecule has 2 aromatic rings. The molecule has 3 heterocycles. The van der Waals surface area contributed by atoms with Gasteiger partial charge in [-0.05, 0) is 6.92 Å². The van der Waals surface area contributed by atoms with E-state index in [4.69, 9.17) is 9.15 Å². The molecule has 1 amide bonds. The third-order valence-electron chi connectivity index (χ3n) is 3.37. The summed E-state index contributed by atoms with van der Waals surface area (Å²) in [7, 11) is 0. The minimum absolute atomic E-state index is 0.238. The van der Waals surface area contributed by atoms with Crippen molar-refractivity contribution in [2.45, 2.75) is 20.4 Å². The molecule has 1 saturated heterocycles. The summed E-state index contributed by atoms with van der Waals surface area (Å²) in [5, 5.41) is 5.29. The molecule has 1 fully saturated rings. The Balaban J connectivity index is 1.61. The van der Waals surface area contributed by atoms with E-state index in [1.54, 1.807) is 13.8 Å². The van der Waals surface area contributed by atoms with E-state index in [0.717, 1.165) is 38.5 Å². The van der Waals surface area contributed by atoms with Crippen molar-refractivity contribution in [1.29, 1.82) is 0 Å². The molecule has 1 aliphatic heterocycles. The zero-order valence-corrected chi connectivity index (χ0v) is 13.4. The van der Waals surface area contributed by atoms with Gasteiger partial charge >= 0.3 is 0 Å². The predicted octanol–water partition coefficient (Wildman–Crippen LogP) is 1.83. The van der Waals surface area contributed by atoms with E-state index in [0.29, 0.717) is 16.7 Å². The number of thiazole rings is 1. The molecule has 0 spiro atoms. The van der Waals surface area contributed by atoms with Crippen LogP contribution in [0.4, 0.5) is 5.13 Å². The van der Waals surface area contributed by atoms with E-state index in [2.05, 4.69) is 20.2 Å². The zero-order chi connectivity index (χ0) is 15.5. The van der Waals surface area contributed by atoms with Crippen LogP contribution in [-0.4, -0.2) is 47.1 Å². The van der Waals surface area contributed by atoms with Crippen molar-refractivity contribution in [3.8, 4) is 0 Å². The fourth-order valence-corrected chi connectivity index (χ4v) is 3.02. The normalized spacial score (nSPS) is 15.9. The van der Waals surface area contributed by atoms with Crippen molar-refractivity contribution in [1.82, 2.24) is 14.9 Å². The fourth-order valence-electron chi connectivity index (χ4n) is 2.32. The first-order chi connectivity index (χ1) is 10.6. The number of rotatable bonds is 4. The molecule has 118 valence electrons. The number of carbonyl (C=O) groups is 1. The average Bonchev–Trinajstić information content (AvgIpc) is 3.06. The second-order valence-electron chi connectivity index (χ2n) is 5.13. The van der Waals surface area contributed by atoms with Gasteiger partial charge in [0.2, 0.25) is 5.76 Å². The molecular weight excluding hydrogens is 304 g/mol. The van der Waals surface area contributed by atoms with Gasteiger partial charge in [-0.15, -0.1) is 11.3 Å². The lowest BCUT2D eigenvalue weighted by molar-refractivity contribution is 0.0337. The molecule has 2 aromatic heterocycles. The van der Waals surface area contributed by atoms with Crippen molar-refractivity contribution >= 4 is 22.4 Å². The van der Waals surface area contributed by atoms with Crippen LogP contribution >= 0.6 is 11.3 Å². The van der Waals surface area contributed by atoms with Gasteiger partial charge in [0, 0.05) is 31.9 Å². The summed E-state index contributed by atoms with van der Waals surface area (Å²) >= 11 is 1.41. The Bertz CT molecular complexity index is 661. The van der Waals surface area contributed by atoms with Gasteiger partial charge in [0.05, 0.1) is 24.6 Å². The zero-order valence-electron chi connectivity index (χ0n) is 12.6. The number of hydrogen-bond donors (Lipinski definition) is 1. The summed E-state index contributed by atoms with van der Waals surface area (Å²) < 4.78 is 10.6. The summed E-state index contributed by atoms with van der Waals surface area (Å²) in [5.74, 6) is 0.405. The summed E-state index contributed by atoms with van der Waals surface area (Å²) in [6.45, 7) is 7.59. The molecule has 0 radical (unpaired) electrons. The van der Waals surface area contributed by atoms with E-state index >= 15 is 0 Å². The predicted molar refractivity (Wildman–Crippen MR) is 82.1 cm³/mol. The van der Waals surface area contributed by atoms with Gasteiger partial charge in [-0.3, -0.25) is 15.0 Å². The Hall–Kier alpha value is -1.77. The van der Waals surface area contributed by atoms with E-state index in [1.807, 2.05) is 5.38 Å². The molecular formula is C14H18N4O3S. The number of anilines is 1. The van der Waals surface area contributed by atoms with Gasteiger partial charge in [0.15, 0.2) is 11.0 Å². The Labute approximate surface area is 132 Å². The molecule has 3 rings (SSSR count). The van der Waals surface area contributed by atoms with Crippen LogP contribution in [0.3, 0.4) is 0 Å². The van der Waals surface area contributed by atoms with Gasteiger partial charge in [-0.1, -0.05) is 0 Å². The molecule has 0 unspecified atom stereocenters. The summed E-state index contributed by atoms with van der Waals surface area (Å²) in [5.41, 5.74) is 1.53. The number of aryl methyl sites for hydroxylation is 2. The van der Waals surface area contributed by atoms with Crippen LogP contribution in [-0.2, 0) is 11.3 Å². The third-order valence-corrected chi connectivity index (χ3v) is 4.18. The number of nitrogens with zero attached hydrogens (tertiary/aromatic N) is 3. The lowest BCUT2D eigenvalue weighted by Crippen LogP contribution is -2.35. The maximum atomic E-state index is 12.1. The molecule has 7 nitrogen and oxygen atoms in total. The highest BCUT2D eigenvalue weighted by atomic mass is 32.1. The summed E-state index contributed by atoms with van der Waals surface area (Å²) in [4.78, 5) is 23.0. The summed E-state index contributed by atoms with van der Waals surface area (Å²) in [6, 6.07) is 0. The van der Waals surface area contributed by atoms with Gasteiger partial charge < -0.3 is 9.15 Å². The Morgan fingerprint density at radius 3 is 2.82 bits per heavy atom. The third kappa shape index (κ3) is 3.52. The lowest BCUT2D eigenvalue weighted by Gasteiger charge is -2.25. The minimum Gasteiger partial charge on any atom is -0.436 e. The molecule has 0 aliphatic carbocycles. The van der Waals surface area contributed by atoms with Crippen molar-refractivity contribution in [2.24, 2.45) is 0 Å². The van der Waals surface area contributed by atoms with Gasteiger partial charge in [-0.25, -0.2) is 9.97 Å². The molecule has 0 saturated carbocycles. The van der Waals surface area contributed by atoms with E-state index in [9.17, 15) is 4.79 Å². The quantitative estimate of drug-likeness (QED) is 0.925. The van der Waals surface area contributed by atoms with Crippen molar-refractivity contribution in [3.63, 3.8) is 0 Å². The lowest BCUT2D eigenvalue weighted by atomic mass is 10.3. The number of ether oxygens (including phenoxy) is 1. The number of morpholine rings is 1. The number of hydrogen-bond acceptors (Lipinski definition) is 7. The average molecular weight is 322 g/mol. The monoisotopic (exact) mass is 322 g/mol. The Morgan fingerprint density at radius 2 is 2.14 bits per heavy atom. The molecule has 0 aromatic carbocycles. The van der Waals surface area contributed by atoms with Crippen LogP contribution in [0.5, 0.6) is 0 Å². The van der Waals surface area contributed by atoms with Gasteiger partial charge in [0.25, 0.3) is 5.91 Å². The van der Waals surface area contributed by atoms with E-state index in [1.165, 1.54) is 11.3 Å². The SMILES string of the molecule is Cc1nc(C)c(C(=O)Nc2nc(CN3CCOCC3)cs2)o1. The topological polar surface area (TPSA) is 80.5 Å². The number of aromatic nitrogens is 2. The van der Waals surface area contributed by atoms with Gasteiger partial charge in [-0.2, -0.15) is 0 Å². The molecule has 8 heteroatoms. The van der Waals surface area contributed by atoms with Crippen LogP contribution in [0.25, 0.3) is 0 Å². The molecule has 0 bridgehead atoms. The Kier molecular flexibility index (Phi) is 4.51. The van der Waals surface area contributed by atoms with E-state index in [-0.39, 0.29) is 11.7 Å². The highest BCUT2D eigenvalue weighted by Gasteiger charge is 2.18. The first-order valence-electron chi connectivity index (χ1n) is 7.11. The maximum absolute atomic E-state index is 12.1. The smallest absolute Gasteiger partial charge is 0.295 e. The molecule has 1 N–H and O–H groups in total. The van der Waals surface area contributed by atoms with Crippen molar-refractivity contribution < 1.29 is 13.9 Å². The highest BCUT2D eigenvalue weighted by Crippen LogP contribution is 2.19. The first-order valence-corrected chi connectivity index (χ1v) is 7.99. The number of oxazole rings is 1. The number of nitrogens with one attached hydrogen (secondary N) is 1.